The highest BCUT2D eigenvalue weighted by Gasteiger charge is 2.17. The van der Waals surface area contributed by atoms with Gasteiger partial charge in [0, 0.05) is 110 Å². The molecule has 0 aliphatic rings. The topological polar surface area (TPSA) is 116 Å². The molecule has 0 saturated carbocycles. The Balaban J connectivity index is 0.0000000952. The Morgan fingerprint density at radius 3 is 0.874 bits per heavy atom. The monoisotopic (exact) mass is 1530 g/mol. The summed E-state index contributed by atoms with van der Waals surface area (Å²) in [5.41, 5.74) is 11.6. The highest BCUT2D eigenvalue weighted by atomic mass is 14.9. The molecule has 24 aromatic rings. The Morgan fingerprint density at radius 2 is 0.479 bits per heavy atom. The van der Waals surface area contributed by atoms with Crippen LogP contribution in [0.1, 0.15) is 70.2 Å². The minimum absolute atomic E-state index is 0.318. The van der Waals surface area contributed by atoms with Gasteiger partial charge in [0.25, 0.3) is 0 Å². The van der Waals surface area contributed by atoms with Crippen molar-refractivity contribution in [3.05, 3.63) is 381 Å². The number of hydrogen-bond donors (Lipinski definition) is 0. The zero-order chi connectivity index (χ0) is 81.2. The number of aryl methyl sites for hydroxylation is 6. The second kappa shape index (κ2) is 32.5. The first-order valence-electron chi connectivity index (χ1n) is 42.0. The van der Waals surface area contributed by atoms with Crippen molar-refractivity contribution in [3.8, 4) is 0 Å². The second-order valence-electron chi connectivity index (χ2n) is 30.2. The van der Waals surface area contributed by atoms with E-state index in [1.54, 1.807) is 0 Å². The van der Waals surface area contributed by atoms with Crippen LogP contribution in [0.2, 0.25) is 0 Å². The lowest BCUT2D eigenvalue weighted by Gasteiger charge is -2.10. The summed E-state index contributed by atoms with van der Waals surface area (Å²) in [5, 5.41) is 37.3. The van der Waals surface area contributed by atoms with Crippen molar-refractivity contribution in [3.63, 3.8) is 0 Å². The summed E-state index contributed by atoms with van der Waals surface area (Å²) in [7, 11) is 0. The van der Waals surface area contributed by atoms with Crippen molar-refractivity contribution in [2.45, 2.75) is 73.6 Å². The van der Waals surface area contributed by atoms with Crippen molar-refractivity contribution >= 4 is 195 Å². The van der Waals surface area contributed by atoms with Crippen LogP contribution >= 0.6 is 0 Å². The van der Waals surface area contributed by atoms with Crippen molar-refractivity contribution in [2.24, 2.45) is 0 Å². The van der Waals surface area contributed by atoms with E-state index in [2.05, 4.69) is 363 Å². The number of benzene rings is 18. The van der Waals surface area contributed by atoms with Gasteiger partial charge in [-0.15, -0.1) is 0 Å². The first-order chi connectivity index (χ1) is 59.3. The average Bonchev–Trinajstić information content (AvgIpc) is 0.780. The zero-order valence-electron chi connectivity index (χ0n) is 68.2. The molecule has 6 aromatic heterocycles. The molecule has 24 rings (SSSR count). The SMILES string of the molecule is CCc1cc2c3ccccc3c3ccccc3c2cn1.CCc1ccc2c3ccccc3c3ccccc3c2n1.CCc1cnc2c3ccccc3c3ccccc3c2n1.CCc1cnc2c3ccccc3c3ccccc3c2n1.CCc1ncc2c3ccccc3c3ccccc3c2n1.[2H]Cc1ccc2c3ccncc3c3ccccc3c2c1. The Hall–Kier alpha value is -14.7. The van der Waals surface area contributed by atoms with E-state index >= 15 is 0 Å². The summed E-state index contributed by atoms with van der Waals surface area (Å²) in [6.45, 7) is 10.9. The third-order valence-electron chi connectivity index (χ3n) is 23.3. The average molecular weight is 1530 g/mol. The lowest BCUT2D eigenvalue weighted by molar-refractivity contribution is 0.963. The van der Waals surface area contributed by atoms with Gasteiger partial charge in [0.05, 0.1) is 44.5 Å². The van der Waals surface area contributed by atoms with E-state index in [0.29, 0.717) is 6.90 Å². The smallest absolute Gasteiger partial charge is 0.128 e. The van der Waals surface area contributed by atoms with E-state index < -0.39 is 0 Å². The lowest BCUT2D eigenvalue weighted by atomic mass is 9.94. The van der Waals surface area contributed by atoms with Gasteiger partial charge in [-0.3, -0.25) is 24.9 Å². The molecule has 0 N–H and O–H groups in total. The summed E-state index contributed by atoms with van der Waals surface area (Å²) < 4.78 is 7.58. The highest BCUT2D eigenvalue weighted by Crippen LogP contribution is 2.41. The molecule has 0 amide bonds. The number of pyridine rings is 3. The van der Waals surface area contributed by atoms with Crippen LogP contribution in [0.3, 0.4) is 0 Å². The molecule has 18 aromatic carbocycles. The van der Waals surface area contributed by atoms with Crippen LogP contribution in [0.4, 0.5) is 0 Å². The highest BCUT2D eigenvalue weighted by molar-refractivity contribution is 6.29. The van der Waals surface area contributed by atoms with E-state index in [4.69, 9.17) is 21.3 Å². The summed E-state index contributed by atoms with van der Waals surface area (Å²) in [4.78, 5) is 41.9. The molecule has 6 heterocycles. The zero-order valence-corrected chi connectivity index (χ0v) is 67.2. The predicted octanol–water partition coefficient (Wildman–Crippen LogP) is 28.6. The van der Waals surface area contributed by atoms with Crippen molar-refractivity contribution < 1.29 is 1.37 Å². The van der Waals surface area contributed by atoms with Gasteiger partial charge in [0.15, 0.2) is 0 Å². The Morgan fingerprint density at radius 1 is 0.193 bits per heavy atom. The molecule has 119 heavy (non-hydrogen) atoms. The van der Waals surface area contributed by atoms with Gasteiger partial charge in [-0.25, -0.2) is 19.9 Å². The lowest BCUT2D eigenvalue weighted by Crippen LogP contribution is -1.94. The molecule has 0 aliphatic carbocycles. The van der Waals surface area contributed by atoms with E-state index in [9.17, 15) is 0 Å². The van der Waals surface area contributed by atoms with E-state index in [1.807, 2.05) is 43.2 Å². The minimum atomic E-state index is 0.318. The van der Waals surface area contributed by atoms with Gasteiger partial charge >= 0.3 is 0 Å². The standard InChI is InChI=1S/2C19H15N.3C18H14N2.C18H13N/c1-2-13-11-18-16-9-5-3-7-14(16)15-8-4-6-10-17(15)19(18)12-20-13;1-2-13-11-12-18-16-9-4-3-7-14(16)15-8-5-6-10-17(15)19(18)20-13;2*1-2-12-11-19-17-15-9-5-3-7-13(15)14-8-4-6-10-16(14)18(17)20-12;1-2-17-19-11-16-14-9-4-3-7-12(14)13-8-5-6-10-15(13)18(16)20-17;1-12-6-7-15-16-8-9-19-11-18(16)14-5-3-2-4-13(14)17(15)10-12/h2*3-12H,2H2,1H3;3*3-11H,2H2,1H3;2-11H,1H3/i;;;;;1D. The quantitative estimate of drug-likeness (QED) is 0.155. The van der Waals surface area contributed by atoms with Crippen molar-refractivity contribution in [1.29, 1.82) is 0 Å². The van der Waals surface area contributed by atoms with E-state index in [0.717, 1.165) is 105 Å². The molecule has 0 unspecified atom stereocenters. The van der Waals surface area contributed by atoms with Gasteiger partial charge in [-0.1, -0.05) is 331 Å². The van der Waals surface area contributed by atoms with Gasteiger partial charge in [-0.2, -0.15) is 0 Å². The van der Waals surface area contributed by atoms with E-state index in [1.165, 1.54) is 156 Å². The second-order valence-corrected chi connectivity index (χ2v) is 30.2. The molecule has 570 valence electrons. The Bertz CT molecular complexity index is 6670. The third kappa shape index (κ3) is 13.8. The number of aromatic nitrogens is 9. The van der Waals surface area contributed by atoms with Crippen molar-refractivity contribution in [1.82, 2.24) is 44.9 Å². The maximum Gasteiger partial charge on any atom is 0.128 e. The Labute approximate surface area is 690 Å². The number of nitrogens with zero attached hydrogens (tertiary/aromatic N) is 9. The number of rotatable bonds is 5. The number of fused-ring (bicyclic) bond motifs is 36. The molecule has 9 nitrogen and oxygen atoms in total. The molecular formula is C110H85N9. The molecular weight excluding hydrogens is 1450 g/mol. The summed E-state index contributed by atoms with van der Waals surface area (Å²) in [6, 6.07) is 109. The minimum Gasteiger partial charge on any atom is -0.264 e. The molecule has 0 atom stereocenters. The van der Waals surface area contributed by atoms with Crippen LogP contribution in [0.5, 0.6) is 0 Å². The molecule has 9 heteroatoms. The fourth-order valence-corrected chi connectivity index (χ4v) is 17.4. The molecule has 0 bridgehead atoms. The molecule has 0 aliphatic heterocycles. The molecule has 0 fully saturated rings. The van der Waals surface area contributed by atoms with Crippen LogP contribution in [-0.4, -0.2) is 44.9 Å². The summed E-state index contributed by atoms with van der Waals surface area (Å²) in [5.74, 6) is 0.901. The maximum atomic E-state index is 7.58. The van der Waals surface area contributed by atoms with E-state index in [-0.39, 0.29) is 0 Å². The fourth-order valence-electron chi connectivity index (χ4n) is 17.4. The largest absolute Gasteiger partial charge is 0.264 e. The van der Waals surface area contributed by atoms with Crippen LogP contribution < -0.4 is 0 Å². The fraction of sp³-hybridized carbons (Fsp3) is 0.100. The van der Waals surface area contributed by atoms with Crippen molar-refractivity contribution in [2.75, 3.05) is 0 Å². The van der Waals surface area contributed by atoms with Crippen LogP contribution in [-0.2, 0) is 32.1 Å². The third-order valence-corrected chi connectivity index (χ3v) is 23.3. The predicted molar refractivity (Wildman–Crippen MR) is 506 cm³/mol. The van der Waals surface area contributed by atoms with Crippen LogP contribution in [0, 0.1) is 6.90 Å². The first-order valence-corrected chi connectivity index (χ1v) is 41.3. The Kier molecular flexibility index (Phi) is 20.0. The summed E-state index contributed by atoms with van der Waals surface area (Å²) in [6.07, 6.45) is 16.2. The van der Waals surface area contributed by atoms with Crippen LogP contribution in [0.25, 0.3) is 195 Å². The normalized spacial score (nSPS) is 11.6. The first kappa shape index (κ1) is 73.2. The maximum absolute atomic E-state index is 7.58. The molecule has 0 radical (unpaired) electrons. The van der Waals surface area contributed by atoms with Gasteiger partial charge in [0.2, 0.25) is 0 Å². The molecule has 0 saturated heterocycles. The van der Waals surface area contributed by atoms with Crippen LogP contribution in [0.15, 0.2) is 347 Å². The van der Waals surface area contributed by atoms with Gasteiger partial charge < -0.3 is 0 Å². The number of hydrogen-bond acceptors (Lipinski definition) is 9. The summed E-state index contributed by atoms with van der Waals surface area (Å²) >= 11 is 0. The molecule has 0 spiro atoms. The van der Waals surface area contributed by atoms with Gasteiger partial charge in [-0.05, 0) is 159 Å². The van der Waals surface area contributed by atoms with Gasteiger partial charge in [0.1, 0.15) is 5.82 Å².